The molecular formula is C18H26N4O3. The summed E-state index contributed by atoms with van der Waals surface area (Å²) in [5.41, 5.74) is 1.05. The van der Waals surface area contributed by atoms with Crippen molar-refractivity contribution < 1.29 is 14.3 Å². The Morgan fingerprint density at radius 1 is 1.32 bits per heavy atom. The van der Waals surface area contributed by atoms with Crippen molar-refractivity contribution in [3.05, 3.63) is 23.9 Å². The van der Waals surface area contributed by atoms with Crippen LogP contribution >= 0.6 is 0 Å². The number of nitrogens with zero attached hydrogens (tertiary/aromatic N) is 2. The number of hydrogen-bond acceptors (Lipinski definition) is 4. The predicted molar refractivity (Wildman–Crippen MR) is 94.3 cm³/mol. The highest BCUT2D eigenvalue weighted by molar-refractivity contribution is 5.92. The molecule has 0 aromatic carbocycles. The fraction of sp³-hybridized carbons (Fsp3) is 0.611. The Kier molecular flexibility index (Phi) is 5.86. The second kappa shape index (κ2) is 8.29. The molecule has 2 saturated heterocycles. The van der Waals surface area contributed by atoms with Gasteiger partial charge in [0.25, 0.3) is 0 Å². The van der Waals surface area contributed by atoms with E-state index in [2.05, 4.69) is 15.6 Å². The van der Waals surface area contributed by atoms with Crippen molar-refractivity contribution in [1.82, 2.24) is 15.2 Å². The molecule has 2 fully saturated rings. The summed E-state index contributed by atoms with van der Waals surface area (Å²) in [4.78, 5) is 30.7. The van der Waals surface area contributed by atoms with E-state index >= 15 is 0 Å². The van der Waals surface area contributed by atoms with Crippen LogP contribution in [0.2, 0.25) is 0 Å². The van der Waals surface area contributed by atoms with Crippen LogP contribution in [0.25, 0.3) is 0 Å². The van der Waals surface area contributed by atoms with Crippen LogP contribution in [0, 0.1) is 12.8 Å². The first-order valence-electron chi connectivity index (χ1n) is 9.00. The molecule has 3 rings (SSSR count). The summed E-state index contributed by atoms with van der Waals surface area (Å²) in [6, 6.07) is 3.60. The zero-order valence-corrected chi connectivity index (χ0v) is 14.7. The van der Waals surface area contributed by atoms with Crippen LogP contribution in [0.4, 0.5) is 10.6 Å². The number of carbonyl (C=O) groups is 2. The SMILES string of the molecule is Cc1ccc(NC(=O)C2CCCN(C(=O)NCC3CCCO3)C2)nc1. The van der Waals surface area contributed by atoms with Crippen molar-refractivity contribution in [2.45, 2.75) is 38.7 Å². The number of hydrogen-bond donors (Lipinski definition) is 2. The van der Waals surface area contributed by atoms with Gasteiger partial charge in [-0.1, -0.05) is 6.07 Å². The van der Waals surface area contributed by atoms with Gasteiger partial charge in [-0.2, -0.15) is 0 Å². The van der Waals surface area contributed by atoms with Gasteiger partial charge in [0, 0.05) is 32.4 Å². The van der Waals surface area contributed by atoms with Crippen LogP contribution in [0.15, 0.2) is 18.3 Å². The minimum Gasteiger partial charge on any atom is -0.376 e. The second-order valence-corrected chi connectivity index (χ2v) is 6.82. The third-order valence-electron chi connectivity index (χ3n) is 4.75. The van der Waals surface area contributed by atoms with Crippen molar-refractivity contribution in [3.63, 3.8) is 0 Å². The molecule has 0 aliphatic carbocycles. The third-order valence-corrected chi connectivity index (χ3v) is 4.75. The zero-order chi connectivity index (χ0) is 17.6. The van der Waals surface area contributed by atoms with Gasteiger partial charge in [-0.3, -0.25) is 4.79 Å². The molecule has 2 aliphatic rings. The Morgan fingerprint density at radius 3 is 2.92 bits per heavy atom. The van der Waals surface area contributed by atoms with E-state index in [9.17, 15) is 9.59 Å². The normalized spacial score (nSPS) is 23.3. The van der Waals surface area contributed by atoms with Gasteiger partial charge in [-0.05, 0) is 44.2 Å². The largest absolute Gasteiger partial charge is 0.376 e. The van der Waals surface area contributed by atoms with E-state index < -0.39 is 0 Å². The van der Waals surface area contributed by atoms with Gasteiger partial charge in [0.1, 0.15) is 5.82 Å². The Bertz CT molecular complexity index is 599. The number of likely N-dealkylation sites (tertiary alicyclic amines) is 1. The lowest BCUT2D eigenvalue weighted by atomic mass is 9.97. The highest BCUT2D eigenvalue weighted by atomic mass is 16.5. The quantitative estimate of drug-likeness (QED) is 0.872. The van der Waals surface area contributed by atoms with E-state index in [-0.39, 0.29) is 24.0 Å². The molecule has 136 valence electrons. The van der Waals surface area contributed by atoms with Gasteiger partial charge in [-0.15, -0.1) is 0 Å². The van der Waals surface area contributed by atoms with E-state index in [1.807, 2.05) is 13.0 Å². The molecule has 2 unspecified atom stereocenters. The number of aryl methyl sites for hydroxylation is 1. The highest BCUT2D eigenvalue weighted by Gasteiger charge is 2.29. The molecule has 2 atom stereocenters. The molecule has 0 spiro atoms. The average Bonchev–Trinajstić information content (AvgIpc) is 3.15. The summed E-state index contributed by atoms with van der Waals surface area (Å²) >= 11 is 0. The summed E-state index contributed by atoms with van der Waals surface area (Å²) in [5.74, 6) is 0.272. The van der Waals surface area contributed by atoms with Crippen LogP contribution < -0.4 is 10.6 Å². The van der Waals surface area contributed by atoms with E-state index in [4.69, 9.17) is 4.74 Å². The first kappa shape index (κ1) is 17.7. The summed E-state index contributed by atoms with van der Waals surface area (Å²) in [6.45, 7) is 4.39. The Morgan fingerprint density at radius 2 is 2.20 bits per heavy atom. The predicted octanol–water partition coefficient (Wildman–Crippen LogP) is 1.93. The molecule has 2 aliphatic heterocycles. The first-order valence-corrected chi connectivity index (χ1v) is 9.00. The number of urea groups is 1. The molecule has 3 amide bonds. The first-order chi connectivity index (χ1) is 12.1. The fourth-order valence-corrected chi connectivity index (χ4v) is 3.26. The van der Waals surface area contributed by atoms with E-state index in [0.717, 1.165) is 37.9 Å². The lowest BCUT2D eigenvalue weighted by Crippen LogP contribution is -2.49. The van der Waals surface area contributed by atoms with Crippen molar-refractivity contribution in [1.29, 1.82) is 0 Å². The molecule has 3 heterocycles. The van der Waals surface area contributed by atoms with Crippen molar-refractivity contribution in [2.24, 2.45) is 5.92 Å². The zero-order valence-electron chi connectivity index (χ0n) is 14.7. The maximum Gasteiger partial charge on any atom is 0.317 e. The van der Waals surface area contributed by atoms with Gasteiger partial charge in [0.15, 0.2) is 0 Å². The van der Waals surface area contributed by atoms with Gasteiger partial charge in [0.2, 0.25) is 5.91 Å². The minimum atomic E-state index is -0.203. The molecule has 7 nitrogen and oxygen atoms in total. The Hall–Kier alpha value is -2.15. The average molecular weight is 346 g/mol. The number of rotatable bonds is 4. The number of ether oxygens (including phenoxy) is 1. The van der Waals surface area contributed by atoms with Gasteiger partial charge in [0.05, 0.1) is 12.0 Å². The smallest absolute Gasteiger partial charge is 0.317 e. The number of nitrogens with one attached hydrogen (secondary N) is 2. The maximum atomic E-state index is 12.5. The minimum absolute atomic E-state index is 0.0759. The molecule has 0 bridgehead atoms. The number of carbonyl (C=O) groups excluding carboxylic acids is 2. The molecule has 1 aromatic heterocycles. The summed E-state index contributed by atoms with van der Waals surface area (Å²) < 4.78 is 5.52. The summed E-state index contributed by atoms with van der Waals surface area (Å²) in [5, 5.41) is 5.77. The van der Waals surface area contributed by atoms with Crippen LogP contribution in [-0.2, 0) is 9.53 Å². The molecule has 0 radical (unpaired) electrons. The highest BCUT2D eigenvalue weighted by Crippen LogP contribution is 2.19. The molecule has 1 aromatic rings. The molecule has 2 N–H and O–H groups in total. The third kappa shape index (κ3) is 4.92. The lowest BCUT2D eigenvalue weighted by Gasteiger charge is -2.32. The van der Waals surface area contributed by atoms with Crippen LogP contribution in [0.1, 0.15) is 31.2 Å². The van der Waals surface area contributed by atoms with Crippen molar-refractivity contribution in [2.75, 3.05) is 31.6 Å². The van der Waals surface area contributed by atoms with Crippen LogP contribution in [0.3, 0.4) is 0 Å². The molecule has 25 heavy (non-hydrogen) atoms. The topological polar surface area (TPSA) is 83.6 Å². The van der Waals surface area contributed by atoms with Gasteiger partial charge in [-0.25, -0.2) is 9.78 Å². The molecule has 7 heteroatoms. The second-order valence-electron chi connectivity index (χ2n) is 6.82. The standard InChI is InChI=1S/C18H26N4O3/c1-13-6-7-16(19-10-13)21-17(23)14-4-2-8-22(12-14)18(24)20-11-15-5-3-9-25-15/h6-7,10,14-15H,2-5,8-9,11-12H2,1H3,(H,20,24)(H,19,21,23). The van der Waals surface area contributed by atoms with Gasteiger partial charge >= 0.3 is 6.03 Å². The fourth-order valence-electron chi connectivity index (χ4n) is 3.26. The number of pyridine rings is 1. The monoisotopic (exact) mass is 346 g/mol. The Labute approximate surface area is 148 Å². The number of aromatic nitrogens is 1. The summed E-state index contributed by atoms with van der Waals surface area (Å²) in [6.07, 6.45) is 5.51. The van der Waals surface area contributed by atoms with Crippen molar-refractivity contribution >= 4 is 17.8 Å². The maximum absolute atomic E-state index is 12.5. The summed E-state index contributed by atoms with van der Waals surface area (Å²) in [7, 11) is 0. The van der Waals surface area contributed by atoms with Crippen LogP contribution in [0.5, 0.6) is 0 Å². The number of piperidine rings is 1. The van der Waals surface area contributed by atoms with Crippen LogP contribution in [-0.4, -0.2) is 54.2 Å². The van der Waals surface area contributed by atoms with E-state index in [1.165, 1.54) is 0 Å². The molecule has 0 saturated carbocycles. The number of amides is 3. The van der Waals surface area contributed by atoms with Gasteiger partial charge < -0.3 is 20.3 Å². The van der Waals surface area contributed by atoms with E-state index in [0.29, 0.717) is 25.5 Å². The number of anilines is 1. The lowest BCUT2D eigenvalue weighted by molar-refractivity contribution is -0.121. The van der Waals surface area contributed by atoms with Crippen molar-refractivity contribution in [3.8, 4) is 0 Å². The molecular weight excluding hydrogens is 320 g/mol. The Balaban J connectivity index is 1.48. The van der Waals surface area contributed by atoms with E-state index in [1.54, 1.807) is 17.2 Å².